The molecule has 0 N–H and O–H groups in total. The molecule has 0 aliphatic rings. The summed E-state index contributed by atoms with van der Waals surface area (Å²) in [6.45, 7) is 5.11. The fraction of sp³-hybridized carbons (Fsp3) is 0.667. The van der Waals surface area contributed by atoms with E-state index in [1.54, 1.807) is 0 Å². The van der Waals surface area contributed by atoms with Crippen LogP contribution in [0.4, 0.5) is 0 Å². The van der Waals surface area contributed by atoms with Gasteiger partial charge in [0.1, 0.15) is 11.6 Å². The molecule has 1 radical (unpaired) electrons. The molecule has 0 heterocycles. The van der Waals surface area contributed by atoms with E-state index in [0.29, 0.717) is 6.42 Å². The predicted molar refractivity (Wildman–Crippen MR) is 44.1 cm³/mol. The van der Waals surface area contributed by atoms with Crippen molar-refractivity contribution in [2.75, 3.05) is 0 Å². The lowest BCUT2D eigenvalue weighted by molar-refractivity contribution is -0.125. The fourth-order valence-corrected chi connectivity index (χ4v) is 0.865. The maximum atomic E-state index is 10.9. The van der Waals surface area contributed by atoms with Gasteiger partial charge in [0.2, 0.25) is 0 Å². The third-order valence-corrected chi connectivity index (χ3v) is 1.40. The van der Waals surface area contributed by atoms with Crippen molar-refractivity contribution in [2.24, 2.45) is 0 Å². The molecule has 0 aliphatic carbocycles. The van der Waals surface area contributed by atoms with E-state index in [9.17, 15) is 9.59 Å². The Balaban J connectivity index is 3.30. The highest BCUT2D eigenvalue weighted by Gasteiger charge is 2.03. The van der Waals surface area contributed by atoms with Crippen LogP contribution in [-0.4, -0.2) is 11.6 Å². The van der Waals surface area contributed by atoms with Gasteiger partial charge in [-0.25, -0.2) is 0 Å². The molecule has 0 aliphatic heterocycles. The van der Waals surface area contributed by atoms with Gasteiger partial charge in [-0.15, -0.1) is 0 Å². The van der Waals surface area contributed by atoms with Crippen molar-refractivity contribution < 1.29 is 9.59 Å². The van der Waals surface area contributed by atoms with Crippen LogP contribution in [0.25, 0.3) is 0 Å². The van der Waals surface area contributed by atoms with E-state index in [2.05, 4.69) is 6.92 Å². The van der Waals surface area contributed by atoms with E-state index in [4.69, 9.17) is 0 Å². The lowest BCUT2D eigenvalue weighted by Gasteiger charge is -1.95. The van der Waals surface area contributed by atoms with E-state index in [0.717, 1.165) is 19.3 Å². The predicted octanol–water partition coefficient (Wildman–Crippen LogP) is 1.93. The van der Waals surface area contributed by atoms with Gasteiger partial charge < -0.3 is 0 Å². The molecule has 0 aromatic carbocycles. The van der Waals surface area contributed by atoms with Crippen LogP contribution in [0, 0.1) is 6.92 Å². The van der Waals surface area contributed by atoms with Crippen LogP contribution in [-0.2, 0) is 9.59 Å². The maximum Gasteiger partial charge on any atom is 0.140 e. The number of carbonyl (C=O) groups is 2. The van der Waals surface area contributed by atoms with Crippen LogP contribution < -0.4 is 0 Å². The summed E-state index contributed by atoms with van der Waals surface area (Å²) in [6, 6.07) is 0. The Morgan fingerprint density at radius 2 is 1.91 bits per heavy atom. The van der Waals surface area contributed by atoms with Gasteiger partial charge in [0.15, 0.2) is 0 Å². The van der Waals surface area contributed by atoms with Crippen molar-refractivity contribution in [2.45, 2.75) is 39.0 Å². The molecule has 0 aromatic heterocycles. The first-order valence-corrected chi connectivity index (χ1v) is 3.97. The Hall–Kier alpha value is -0.660. The molecule has 63 valence electrons. The SMILES string of the molecule is [CH2]CCCCC(=O)CC(C)=O. The van der Waals surface area contributed by atoms with Crippen molar-refractivity contribution in [3.05, 3.63) is 6.92 Å². The van der Waals surface area contributed by atoms with E-state index in [-0.39, 0.29) is 18.0 Å². The lowest BCUT2D eigenvalue weighted by atomic mass is 10.1. The average molecular weight is 155 g/mol. The number of carbonyl (C=O) groups excluding carboxylic acids is 2. The highest BCUT2D eigenvalue weighted by molar-refractivity contribution is 5.97. The smallest absolute Gasteiger partial charge is 0.140 e. The third kappa shape index (κ3) is 7.23. The molecule has 11 heavy (non-hydrogen) atoms. The Kier molecular flexibility index (Phi) is 5.71. The van der Waals surface area contributed by atoms with Crippen molar-refractivity contribution in [3.63, 3.8) is 0 Å². The first kappa shape index (κ1) is 10.3. The maximum absolute atomic E-state index is 10.9. The first-order valence-electron chi connectivity index (χ1n) is 3.97. The molecule has 0 bridgehead atoms. The number of rotatable bonds is 6. The molecule has 0 atom stereocenters. The number of Topliss-reactive ketones (excluding diaryl/α,β-unsaturated/α-hetero) is 2. The minimum absolute atomic E-state index is 0.0374. The molecule has 0 spiro atoms. The first-order chi connectivity index (χ1) is 5.16. The second kappa shape index (κ2) is 6.08. The number of ketones is 2. The Labute approximate surface area is 68.0 Å². The third-order valence-electron chi connectivity index (χ3n) is 1.40. The van der Waals surface area contributed by atoms with Gasteiger partial charge >= 0.3 is 0 Å². The highest BCUT2D eigenvalue weighted by atomic mass is 16.1. The minimum Gasteiger partial charge on any atom is -0.300 e. The summed E-state index contributed by atoms with van der Waals surface area (Å²) in [5.41, 5.74) is 0. The molecule has 0 saturated heterocycles. The Bertz CT molecular complexity index is 138. The second-order valence-corrected chi connectivity index (χ2v) is 2.73. The Morgan fingerprint density at radius 3 is 2.36 bits per heavy atom. The largest absolute Gasteiger partial charge is 0.300 e. The van der Waals surface area contributed by atoms with Crippen LogP contribution in [0.5, 0.6) is 0 Å². The summed E-state index contributed by atoms with van der Waals surface area (Å²) >= 11 is 0. The normalized spacial score (nSPS) is 9.64. The summed E-state index contributed by atoms with van der Waals surface area (Å²) in [7, 11) is 0. The van der Waals surface area contributed by atoms with E-state index in [1.807, 2.05) is 0 Å². The lowest BCUT2D eigenvalue weighted by Crippen LogP contribution is -2.03. The highest BCUT2D eigenvalue weighted by Crippen LogP contribution is 2.01. The van der Waals surface area contributed by atoms with E-state index in [1.165, 1.54) is 6.92 Å². The van der Waals surface area contributed by atoms with Gasteiger partial charge in [-0.3, -0.25) is 9.59 Å². The molecule has 0 amide bonds. The van der Waals surface area contributed by atoms with Crippen molar-refractivity contribution in [3.8, 4) is 0 Å². The molecule has 2 heteroatoms. The second-order valence-electron chi connectivity index (χ2n) is 2.73. The number of hydrogen-bond acceptors (Lipinski definition) is 2. The van der Waals surface area contributed by atoms with Crippen LogP contribution in [0.2, 0.25) is 0 Å². The van der Waals surface area contributed by atoms with Gasteiger partial charge in [-0.2, -0.15) is 0 Å². The molecular formula is C9H15O2. The zero-order valence-electron chi connectivity index (χ0n) is 7.06. The zero-order chi connectivity index (χ0) is 8.69. The average Bonchev–Trinajstić information content (AvgIpc) is 1.86. The fourth-order valence-electron chi connectivity index (χ4n) is 0.865. The minimum atomic E-state index is -0.0374. The monoisotopic (exact) mass is 155 g/mol. The number of unbranched alkanes of at least 4 members (excludes halogenated alkanes) is 2. The van der Waals surface area contributed by atoms with Gasteiger partial charge in [-0.1, -0.05) is 19.8 Å². The summed E-state index contributed by atoms with van der Waals surface area (Å²) < 4.78 is 0. The van der Waals surface area contributed by atoms with Gasteiger partial charge in [0.05, 0.1) is 6.42 Å². The molecule has 0 aromatic rings. The van der Waals surface area contributed by atoms with Crippen molar-refractivity contribution in [1.82, 2.24) is 0 Å². The molecule has 0 saturated carbocycles. The summed E-state index contributed by atoms with van der Waals surface area (Å²) in [5, 5.41) is 0. The Morgan fingerprint density at radius 1 is 1.27 bits per heavy atom. The molecular weight excluding hydrogens is 140 g/mol. The van der Waals surface area contributed by atoms with E-state index < -0.39 is 0 Å². The zero-order valence-corrected chi connectivity index (χ0v) is 7.06. The van der Waals surface area contributed by atoms with E-state index >= 15 is 0 Å². The van der Waals surface area contributed by atoms with Gasteiger partial charge in [0, 0.05) is 6.42 Å². The van der Waals surface area contributed by atoms with Gasteiger partial charge in [-0.05, 0) is 13.3 Å². The van der Waals surface area contributed by atoms with Crippen molar-refractivity contribution >= 4 is 11.6 Å². The van der Waals surface area contributed by atoms with Crippen LogP contribution in [0.15, 0.2) is 0 Å². The molecule has 0 unspecified atom stereocenters. The summed E-state index contributed by atoms with van der Waals surface area (Å²) in [6.07, 6.45) is 3.36. The number of hydrogen-bond donors (Lipinski definition) is 0. The van der Waals surface area contributed by atoms with Crippen molar-refractivity contribution in [1.29, 1.82) is 0 Å². The summed E-state index contributed by atoms with van der Waals surface area (Å²) in [5.74, 6) is 0.0237. The van der Waals surface area contributed by atoms with Gasteiger partial charge in [0.25, 0.3) is 0 Å². The van der Waals surface area contributed by atoms with Crippen LogP contribution >= 0.6 is 0 Å². The standard InChI is InChI=1S/C9H15O2/c1-3-4-5-6-9(11)7-8(2)10/h1,3-7H2,2H3. The summed E-state index contributed by atoms with van der Waals surface area (Å²) in [4.78, 5) is 21.3. The molecule has 0 rings (SSSR count). The van der Waals surface area contributed by atoms with Crippen LogP contribution in [0.3, 0.4) is 0 Å². The molecule has 0 fully saturated rings. The van der Waals surface area contributed by atoms with Crippen LogP contribution in [0.1, 0.15) is 39.0 Å². The molecule has 2 nitrogen and oxygen atoms in total. The topological polar surface area (TPSA) is 34.1 Å². The quantitative estimate of drug-likeness (QED) is 0.434.